The molecule has 0 aromatic carbocycles. The molecular weight excluding hydrogens is 412 g/mol. The maximum absolute atomic E-state index is 10.0. The Bertz CT molecular complexity index is 880. The minimum atomic E-state index is -0.146. The van der Waals surface area contributed by atoms with Crippen molar-refractivity contribution in [3.63, 3.8) is 0 Å². The van der Waals surface area contributed by atoms with Gasteiger partial charge in [-0.15, -0.1) is 5.10 Å². The highest BCUT2D eigenvalue weighted by Gasteiger charge is 2.28. The number of nitrogens with one attached hydrogen (secondary N) is 1. The van der Waals surface area contributed by atoms with E-state index in [2.05, 4.69) is 53.6 Å². The Morgan fingerprint density at radius 2 is 1.85 bits per heavy atom. The van der Waals surface area contributed by atoms with E-state index in [1.54, 1.807) is 0 Å². The van der Waals surface area contributed by atoms with Gasteiger partial charge >= 0.3 is 0 Å². The second-order valence-corrected chi connectivity index (χ2v) is 10.6. The number of aliphatic hydroxyl groups excluding tert-OH is 1. The molecule has 4 rings (SSSR count). The number of aromatic nitrogens is 3. The van der Waals surface area contributed by atoms with Gasteiger partial charge in [0.2, 0.25) is 5.95 Å². The summed E-state index contributed by atoms with van der Waals surface area (Å²) >= 11 is 0. The van der Waals surface area contributed by atoms with Crippen LogP contribution in [0.3, 0.4) is 0 Å². The van der Waals surface area contributed by atoms with E-state index in [1.165, 1.54) is 43.5 Å². The molecule has 2 aromatic heterocycles. The van der Waals surface area contributed by atoms with Crippen LogP contribution in [-0.2, 0) is 0 Å². The minimum Gasteiger partial charge on any atom is -0.393 e. The summed E-state index contributed by atoms with van der Waals surface area (Å²) in [6, 6.07) is 3.40. The van der Waals surface area contributed by atoms with Crippen LogP contribution in [-0.4, -0.2) is 70.0 Å². The lowest BCUT2D eigenvalue weighted by molar-refractivity contribution is 0.121. The van der Waals surface area contributed by atoms with Crippen LogP contribution in [0.1, 0.15) is 89.7 Å². The summed E-state index contributed by atoms with van der Waals surface area (Å²) in [6.07, 6.45) is 12.9. The Kier molecular flexibility index (Phi) is 8.12. The third-order valence-corrected chi connectivity index (χ3v) is 7.79. The van der Waals surface area contributed by atoms with Gasteiger partial charge in [-0.3, -0.25) is 0 Å². The maximum Gasteiger partial charge on any atom is 0.241 e. The molecule has 2 N–H and O–H groups in total. The van der Waals surface area contributed by atoms with Crippen molar-refractivity contribution < 1.29 is 5.11 Å². The normalized spacial score (nSPS) is 23.4. The summed E-state index contributed by atoms with van der Waals surface area (Å²) in [5.41, 5.74) is 3.67. The predicted molar refractivity (Wildman–Crippen MR) is 136 cm³/mol. The van der Waals surface area contributed by atoms with E-state index in [9.17, 15) is 5.11 Å². The van der Waals surface area contributed by atoms with E-state index in [0.29, 0.717) is 18.0 Å². The molecule has 7 heteroatoms. The number of hydrogen-bond donors (Lipinski definition) is 2. The van der Waals surface area contributed by atoms with E-state index in [0.717, 1.165) is 56.7 Å². The number of piperidine rings is 1. The van der Waals surface area contributed by atoms with Crippen LogP contribution in [0.2, 0.25) is 0 Å². The van der Waals surface area contributed by atoms with Gasteiger partial charge in [-0.1, -0.05) is 26.2 Å². The van der Waals surface area contributed by atoms with Crippen molar-refractivity contribution >= 4 is 17.2 Å². The van der Waals surface area contributed by atoms with Gasteiger partial charge in [0.15, 0.2) is 0 Å². The number of aliphatic hydroxyl groups is 1. The highest BCUT2D eigenvalue weighted by atomic mass is 16.3. The Hall–Kier alpha value is -1.86. The number of rotatable bonds is 9. The summed E-state index contributed by atoms with van der Waals surface area (Å²) in [6.45, 7) is 6.61. The Labute approximate surface area is 199 Å². The van der Waals surface area contributed by atoms with Crippen LogP contribution < -0.4 is 10.2 Å². The van der Waals surface area contributed by atoms with Crippen LogP contribution in [0.25, 0.3) is 5.52 Å². The number of anilines is 2. The fourth-order valence-electron chi connectivity index (χ4n) is 5.60. The molecule has 2 aliphatic rings. The summed E-state index contributed by atoms with van der Waals surface area (Å²) < 4.78 is 2.16. The lowest BCUT2D eigenvalue weighted by Gasteiger charge is -2.36. The first-order chi connectivity index (χ1) is 16.0. The van der Waals surface area contributed by atoms with Crippen LogP contribution in [0.15, 0.2) is 12.3 Å². The first-order valence-electron chi connectivity index (χ1n) is 13.2. The largest absolute Gasteiger partial charge is 0.393 e. The standard InChI is InChI=1S/C26H44N6O/c1-5-6-7-8-19(2)28-26-27-18-25-24(31-15-13-21(14-16-31)30(3)4)17-23(32(25)29-26)20-9-11-22(33)12-10-20/h17-22,33H,5-16H2,1-4H3,(H,28,29). The Morgan fingerprint density at radius 3 is 2.52 bits per heavy atom. The zero-order chi connectivity index (χ0) is 23.4. The summed E-state index contributed by atoms with van der Waals surface area (Å²) in [4.78, 5) is 9.61. The molecule has 1 aliphatic carbocycles. The monoisotopic (exact) mass is 456 g/mol. The smallest absolute Gasteiger partial charge is 0.241 e. The molecule has 33 heavy (non-hydrogen) atoms. The molecule has 1 atom stereocenters. The van der Waals surface area contributed by atoms with Gasteiger partial charge in [0.1, 0.15) is 5.52 Å². The molecule has 1 saturated heterocycles. The van der Waals surface area contributed by atoms with Gasteiger partial charge in [0, 0.05) is 36.8 Å². The molecular formula is C26H44N6O. The van der Waals surface area contributed by atoms with Crippen molar-refractivity contribution in [2.75, 3.05) is 37.4 Å². The Balaban J connectivity index is 1.59. The van der Waals surface area contributed by atoms with Crippen LogP contribution in [0, 0.1) is 0 Å². The van der Waals surface area contributed by atoms with E-state index in [1.807, 2.05) is 6.20 Å². The molecule has 0 amide bonds. The molecule has 184 valence electrons. The SMILES string of the molecule is CCCCCC(C)Nc1ncc2c(N3CCC(N(C)C)CC3)cc(C3CCC(O)CC3)n2n1. The van der Waals surface area contributed by atoms with Crippen molar-refractivity contribution in [3.8, 4) is 0 Å². The first-order valence-corrected chi connectivity index (χ1v) is 13.2. The zero-order valence-corrected chi connectivity index (χ0v) is 21.1. The van der Waals surface area contributed by atoms with E-state index < -0.39 is 0 Å². The van der Waals surface area contributed by atoms with Crippen molar-refractivity contribution in [1.82, 2.24) is 19.5 Å². The van der Waals surface area contributed by atoms with Gasteiger partial charge in [0.25, 0.3) is 0 Å². The molecule has 1 unspecified atom stereocenters. The highest BCUT2D eigenvalue weighted by Crippen LogP contribution is 2.38. The molecule has 1 saturated carbocycles. The van der Waals surface area contributed by atoms with E-state index in [4.69, 9.17) is 10.1 Å². The number of fused-ring (bicyclic) bond motifs is 1. The molecule has 0 spiro atoms. The second kappa shape index (κ2) is 11.0. The average molecular weight is 457 g/mol. The topological polar surface area (TPSA) is 68.9 Å². The lowest BCUT2D eigenvalue weighted by atomic mass is 9.85. The second-order valence-electron chi connectivity index (χ2n) is 10.6. The number of nitrogens with zero attached hydrogens (tertiary/aromatic N) is 5. The average Bonchev–Trinajstić information content (AvgIpc) is 3.18. The van der Waals surface area contributed by atoms with Crippen molar-refractivity contribution in [2.45, 2.75) is 102 Å². The van der Waals surface area contributed by atoms with E-state index in [-0.39, 0.29) is 6.10 Å². The van der Waals surface area contributed by atoms with Gasteiger partial charge < -0.3 is 20.2 Å². The van der Waals surface area contributed by atoms with Crippen LogP contribution in [0.5, 0.6) is 0 Å². The Morgan fingerprint density at radius 1 is 1.12 bits per heavy atom. The van der Waals surface area contributed by atoms with Crippen molar-refractivity contribution in [1.29, 1.82) is 0 Å². The van der Waals surface area contributed by atoms with Gasteiger partial charge in [-0.25, -0.2) is 9.50 Å². The molecule has 0 bridgehead atoms. The van der Waals surface area contributed by atoms with Crippen LogP contribution >= 0.6 is 0 Å². The molecule has 0 radical (unpaired) electrons. The zero-order valence-electron chi connectivity index (χ0n) is 21.1. The molecule has 3 heterocycles. The summed E-state index contributed by atoms with van der Waals surface area (Å²) in [5, 5.41) is 18.6. The van der Waals surface area contributed by atoms with Crippen molar-refractivity contribution in [3.05, 3.63) is 18.0 Å². The quantitative estimate of drug-likeness (QED) is 0.535. The summed E-state index contributed by atoms with van der Waals surface area (Å²) in [7, 11) is 4.38. The lowest BCUT2D eigenvalue weighted by Crippen LogP contribution is -2.41. The van der Waals surface area contributed by atoms with Gasteiger partial charge in [-0.05, 0) is 72.0 Å². The molecule has 1 aliphatic heterocycles. The highest BCUT2D eigenvalue weighted by molar-refractivity contribution is 5.75. The maximum atomic E-state index is 10.0. The van der Waals surface area contributed by atoms with Crippen LogP contribution in [0.4, 0.5) is 11.6 Å². The third-order valence-electron chi connectivity index (χ3n) is 7.79. The summed E-state index contributed by atoms with van der Waals surface area (Å²) in [5.74, 6) is 1.16. The van der Waals surface area contributed by atoms with Gasteiger partial charge in [-0.2, -0.15) is 0 Å². The molecule has 2 aromatic rings. The number of unbranched alkanes of at least 4 members (excludes halogenated alkanes) is 2. The van der Waals surface area contributed by atoms with E-state index >= 15 is 0 Å². The number of hydrogen-bond acceptors (Lipinski definition) is 6. The molecule has 2 fully saturated rings. The fraction of sp³-hybridized carbons (Fsp3) is 0.769. The first kappa shape index (κ1) is 24.3. The predicted octanol–water partition coefficient (Wildman–Crippen LogP) is 4.66. The molecule has 7 nitrogen and oxygen atoms in total. The minimum absolute atomic E-state index is 0.146. The fourth-order valence-corrected chi connectivity index (χ4v) is 5.60. The third kappa shape index (κ3) is 5.80. The van der Waals surface area contributed by atoms with Gasteiger partial charge in [0.05, 0.1) is 18.0 Å². The van der Waals surface area contributed by atoms with Crippen molar-refractivity contribution in [2.24, 2.45) is 0 Å².